The zero-order chi connectivity index (χ0) is 12.5. The van der Waals surface area contributed by atoms with Crippen LogP contribution in [0.1, 0.15) is 11.1 Å². The molecule has 3 aromatic rings. The predicted octanol–water partition coefficient (Wildman–Crippen LogP) is 5.62. The standard InChI is InChI=1S/C16H13ClS/c1-11-4-2-3-5-13(11)15-10-18-16-7-6-12(9-17)8-14(15)16/h2-8,10H,9H2,1H3. The number of thiophene rings is 1. The summed E-state index contributed by atoms with van der Waals surface area (Å²) in [5.74, 6) is 0.568. The van der Waals surface area contributed by atoms with Gasteiger partial charge >= 0.3 is 0 Å². The van der Waals surface area contributed by atoms with Crippen LogP contribution >= 0.6 is 22.9 Å². The van der Waals surface area contributed by atoms with E-state index < -0.39 is 0 Å². The number of benzene rings is 2. The van der Waals surface area contributed by atoms with Gasteiger partial charge in [0.05, 0.1) is 0 Å². The number of aryl methyl sites for hydroxylation is 1. The lowest BCUT2D eigenvalue weighted by Gasteiger charge is -2.05. The Morgan fingerprint density at radius 1 is 1.06 bits per heavy atom. The zero-order valence-corrected chi connectivity index (χ0v) is 11.7. The summed E-state index contributed by atoms with van der Waals surface area (Å²) in [7, 11) is 0. The van der Waals surface area contributed by atoms with E-state index in [1.54, 1.807) is 11.3 Å². The van der Waals surface area contributed by atoms with Crippen LogP contribution < -0.4 is 0 Å². The molecule has 2 aromatic carbocycles. The highest BCUT2D eigenvalue weighted by atomic mass is 35.5. The minimum atomic E-state index is 0.568. The molecular weight excluding hydrogens is 260 g/mol. The lowest BCUT2D eigenvalue weighted by Crippen LogP contribution is -1.82. The van der Waals surface area contributed by atoms with Crippen molar-refractivity contribution in [2.24, 2.45) is 0 Å². The molecule has 0 aliphatic carbocycles. The molecule has 0 saturated carbocycles. The maximum atomic E-state index is 5.93. The monoisotopic (exact) mass is 272 g/mol. The van der Waals surface area contributed by atoms with Crippen molar-refractivity contribution in [2.45, 2.75) is 12.8 Å². The molecule has 90 valence electrons. The van der Waals surface area contributed by atoms with Crippen LogP contribution in [-0.2, 0) is 5.88 Å². The van der Waals surface area contributed by atoms with Crippen LogP contribution in [0.5, 0.6) is 0 Å². The molecule has 0 fully saturated rings. The average molecular weight is 273 g/mol. The molecular formula is C16H13ClS. The van der Waals surface area contributed by atoms with Crippen molar-refractivity contribution in [3.8, 4) is 11.1 Å². The highest BCUT2D eigenvalue weighted by Gasteiger charge is 2.08. The van der Waals surface area contributed by atoms with Crippen LogP contribution in [0.15, 0.2) is 47.8 Å². The molecule has 3 rings (SSSR count). The molecule has 1 heterocycles. The molecule has 0 bridgehead atoms. The van der Waals surface area contributed by atoms with E-state index in [1.807, 2.05) is 0 Å². The number of rotatable bonds is 2. The van der Waals surface area contributed by atoms with E-state index in [1.165, 1.54) is 32.3 Å². The van der Waals surface area contributed by atoms with Crippen molar-refractivity contribution in [1.82, 2.24) is 0 Å². The molecule has 0 saturated heterocycles. The van der Waals surface area contributed by atoms with E-state index in [0.717, 1.165) is 0 Å². The second kappa shape index (κ2) is 4.75. The number of hydrogen-bond acceptors (Lipinski definition) is 1. The number of halogens is 1. The Bertz CT molecular complexity index is 697. The van der Waals surface area contributed by atoms with Gasteiger partial charge in [0.1, 0.15) is 0 Å². The maximum absolute atomic E-state index is 5.93. The summed E-state index contributed by atoms with van der Waals surface area (Å²) in [6.07, 6.45) is 0. The van der Waals surface area contributed by atoms with Crippen molar-refractivity contribution >= 4 is 33.0 Å². The molecule has 0 unspecified atom stereocenters. The fourth-order valence-corrected chi connectivity index (χ4v) is 3.35. The third-order valence-corrected chi connectivity index (χ3v) is 4.50. The average Bonchev–Trinajstić information content (AvgIpc) is 2.82. The Balaban J connectivity index is 2.26. The molecule has 1 aromatic heterocycles. The SMILES string of the molecule is Cc1ccccc1-c1csc2ccc(CCl)cc12. The molecule has 0 spiro atoms. The normalized spacial score (nSPS) is 11.0. The van der Waals surface area contributed by atoms with E-state index in [2.05, 4.69) is 54.8 Å². The Labute approximate surface area is 116 Å². The summed E-state index contributed by atoms with van der Waals surface area (Å²) >= 11 is 7.72. The zero-order valence-electron chi connectivity index (χ0n) is 10.1. The fraction of sp³-hybridized carbons (Fsp3) is 0.125. The lowest BCUT2D eigenvalue weighted by molar-refractivity contribution is 1.43. The summed E-state index contributed by atoms with van der Waals surface area (Å²) in [4.78, 5) is 0. The maximum Gasteiger partial charge on any atom is 0.0474 e. The van der Waals surface area contributed by atoms with Crippen LogP contribution in [0.2, 0.25) is 0 Å². The van der Waals surface area contributed by atoms with Gasteiger partial charge in [-0.05, 0) is 41.1 Å². The van der Waals surface area contributed by atoms with Crippen molar-refractivity contribution < 1.29 is 0 Å². The number of hydrogen-bond donors (Lipinski definition) is 0. The van der Waals surface area contributed by atoms with Crippen molar-refractivity contribution in [3.05, 3.63) is 59.0 Å². The summed E-state index contributed by atoms with van der Waals surface area (Å²) in [6, 6.07) is 15.0. The number of fused-ring (bicyclic) bond motifs is 1. The van der Waals surface area contributed by atoms with E-state index >= 15 is 0 Å². The van der Waals surface area contributed by atoms with Crippen molar-refractivity contribution in [2.75, 3.05) is 0 Å². The molecule has 0 N–H and O–H groups in total. The topological polar surface area (TPSA) is 0 Å². The van der Waals surface area contributed by atoms with Gasteiger partial charge in [-0.15, -0.1) is 22.9 Å². The molecule has 0 aliphatic rings. The Hall–Kier alpha value is -1.31. The minimum absolute atomic E-state index is 0.568. The Morgan fingerprint density at radius 3 is 2.67 bits per heavy atom. The highest BCUT2D eigenvalue weighted by Crippen LogP contribution is 2.36. The van der Waals surface area contributed by atoms with Gasteiger partial charge in [0, 0.05) is 21.5 Å². The van der Waals surface area contributed by atoms with E-state index in [0.29, 0.717) is 5.88 Å². The molecule has 2 heteroatoms. The van der Waals surface area contributed by atoms with E-state index in [-0.39, 0.29) is 0 Å². The first kappa shape index (κ1) is 11.8. The van der Waals surface area contributed by atoms with Crippen molar-refractivity contribution in [3.63, 3.8) is 0 Å². The summed E-state index contributed by atoms with van der Waals surface area (Å²) in [6.45, 7) is 2.16. The van der Waals surface area contributed by atoms with Crippen LogP contribution in [0.25, 0.3) is 21.2 Å². The second-order valence-corrected chi connectivity index (χ2v) is 5.61. The summed E-state index contributed by atoms with van der Waals surface area (Å²) in [5.41, 5.74) is 5.13. The van der Waals surface area contributed by atoms with Gasteiger partial charge in [-0.3, -0.25) is 0 Å². The summed E-state index contributed by atoms with van der Waals surface area (Å²) in [5, 5.41) is 3.55. The molecule has 18 heavy (non-hydrogen) atoms. The van der Waals surface area contributed by atoms with Crippen LogP contribution in [0.3, 0.4) is 0 Å². The first-order chi connectivity index (χ1) is 8.79. The van der Waals surface area contributed by atoms with Gasteiger partial charge in [-0.25, -0.2) is 0 Å². The molecule has 0 nitrogen and oxygen atoms in total. The smallest absolute Gasteiger partial charge is 0.0474 e. The van der Waals surface area contributed by atoms with Crippen LogP contribution in [0, 0.1) is 6.92 Å². The Kier molecular flexibility index (Phi) is 3.11. The molecule has 0 amide bonds. The quantitative estimate of drug-likeness (QED) is 0.532. The van der Waals surface area contributed by atoms with Gasteiger partial charge in [0.25, 0.3) is 0 Å². The highest BCUT2D eigenvalue weighted by molar-refractivity contribution is 7.17. The third kappa shape index (κ3) is 1.94. The summed E-state index contributed by atoms with van der Waals surface area (Å²) < 4.78 is 1.32. The second-order valence-electron chi connectivity index (χ2n) is 4.43. The predicted molar refractivity (Wildman–Crippen MR) is 81.6 cm³/mol. The third-order valence-electron chi connectivity index (χ3n) is 3.23. The van der Waals surface area contributed by atoms with Gasteiger partial charge in [0.15, 0.2) is 0 Å². The fourth-order valence-electron chi connectivity index (χ4n) is 2.24. The first-order valence-corrected chi connectivity index (χ1v) is 7.33. The van der Waals surface area contributed by atoms with E-state index in [4.69, 9.17) is 11.6 Å². The van der Waals surface area contributed by atoms with Gasteiger partial charge in [-0.2, -0.15) is 0 Å². The Morgan fingerprint density at radius 2 is 1.89 bits per heavy atom. The van der Waals surface area contributed by atoms with Gasteiger partial charge < -0.3 is 0 Å². The van der Waals surface area contributed by atoms with Crippen molar-refractivity contribution in [1.29, 1.82) is 0 Å². The largest absolute Gasteiger partial charge is 0.143 e. The lowest BCUT2D eigenvalue weighted by atomic mass is 9.99. The number of alkyl halides is 1. The first-order valence-electron chi connectivity index (χ1n) is 5.91. The minimum Gasteiger partial charge on any atom is -0.143 e. The molecule has 0 aliphatic heterocycles. The van der Waals surface area contributed by atoms with Gasteiger partial charge in [-0.1, -0.05) is 30.3 Å². The van der Waals surface area contributed by atoms with Crippen LogP contribution in [0.4, 0.5) is 0 Å². The molecule has 0 atom stereocenters. The molecule has 0 radical (unpaired) electrons. The van der Waals surface area contributed by atoms with E-state index in [9.17, 15) is 0 Å². The van der Waals surface area contributed by atoms with Crippen LogP contribution in [-0.4, -0.2) is 0 Å². The van der Waals surface area contributed by atoms with Gasteiger partial charge in [0.2, 0.25) is 0 Å².